The molecule has 134 valence electrons. The van der Waals surface area contributed by atoms with E-state index in [2.05, 4.69) is 55.2 Å². The second-order valence-electron chi connectivity index (χ2n) is 7.18. The average molecular weight is 346 g/mol. The number of halogens is 1. The Bertz CT molecular complexity index is 764. The quantitative estimate of drug-likeness (QED) is 0.413. The first-order chi connectivity index (χ1) is 12.7. The molecule has 3 rings (SSSR count). The van der Waals surface area contributed by atoms with Crippen molar-refractivity contribution in [1.82, 2.24) is 0 Å². The number of allylic oxidation sites excluding steroid dienone is 2. The van der Waals surface area contributed by atoms with Gasteiger partial charge in [-0.3, -0.25) is 0 Å². The van der Waals surface area contributed by atoms with Gasteiger partial charge < -0.3 is 0 Å². The van der Waals surface area contributed by atoms with Crippen LogP contribution in [0.25, 0.3) is 11.1 Å². The minimum atomic E-state index is -0.202. The van der Waals surface area contributed by atoms with E-state index in [1.165, 1.54) is 50.7 Å². The number of hydrogen-bond acceptors (Lipinski definition) is 0. The van der Waals surface area contributed by atoms with Crippen molar-refractivity contribution < 1.29 is 4.39 Å². The molecule has 1 fully saturated rings. The Morgan fingerprint density at radius 3 is 2.15 bits per heavy atom. The highest BCUT2D eigenvalue weighted by Gasteiger charge is 2.17. The lowest BCUT2D eigenvalue weighted by Gasteiger charge is -2.23. The summed E-state index contributed by atoms with van der Waals surface area (Å²) >= 11 is 0. The van der Waals surface area contributed by atoms with Crippen molar-refractivity contribution in [3.05, 3.63) is 72.1 Å². The summed E-state index contributed by atoms with van der Waals surface area (Å²) in [4.78, 5) is 0. The lowest BCUT2D eigenvalue weighted by atomic mass is 9.82. The van der Waals surface area contributed by atoms with Crippen molar-refractivity contribution in [3.63, 3.8) is 0 Å². The zero-order valence-electron chi connectivity index (χ0n) is 15.5. The first kappa shape index (κ1) is 18.5. The Hall–Kier alpha value is -2.33. The summed E-state index contributed by atoms with van der Waals surface area (Å²) in [5, 5.41) is 0. The SMILES string of the molecule is CCCC=C[C@H]1CC[C@H](C#Cc2ccc(-c3ccc(F)cc3)cc2)CC1. The van der Waals surface area contributed by atoms with E-state index in [1.54, 1.807) is 0 Å². The van der Waals surface area contributed by atoms with E-state index in [1.807, 2.05) is 12.1 Å². The first-order valence-corrected chi connectivity index (χ1v) is 9.79. The predicted molar refractivity (Wildman–Crippen MR) is 108 cm³/mol. The van der Waals surface area contributed by atoms with Crippen LogP contribution in [0.4, 0.5) is 4.39 Å². The Morgan fingerprint density at radius 2 is 1.54 bits per heavy atom. The maximum absolute atomic E-state index is 13.0. The molecule has 1 aliphatic carbocycles. The van der Waals surface area contributed by atoms with Crippen LogP contribution in [-0.2, 0) is 0 Å². The number of rotatable bonds is 4. The lowest BCUT2D eigenvalue weighted by molar-refractivity contribution is 0.364. The van der Waals surface area contributed by atoms with Crippen molar-refractivity contribution in [3.8, 4) is 23.0 Å². The van der Waals surface area contributed by atoms with Crippen LogP contribution in [0.5, 0.6) is 0 Å². The van der Waals surface area contributed by atoms with Gasteiger partial charge in [0.05, 0.1) is 0 Å². The van der Waals surface area contributed by atoms with Gasteiger partial charge in [-0.2, -0.15) is 0 Å². The monoisotopic (exact) mass is 346 g/mol. The van der Waals surface area contributed by atoms with E-state index in [-0.39, 0.29) is 5.82 Å². The second-order valence-corrected chi connectivity index (χ2v) is 7.18. The molecule has 26 heavy (non-hydrogen) atoms. The fourth-order valence-corrected chi connectivity index (χ4v) is 3.49. The van der Waals surface area contributed by atoms with Crippen LogP contribution in [0.2, 0.25) is 0 Å². The first-order valence-electron chi connectivity index (χ1n) is 9.79. The molecule has 2 aromatic carbocycles. The fourth-order valence-electron chi connectivity index (χ4n) is 3.49. The van der Waals surface area contributed by atoms with Crippen molar-refractivity contribution in [1.29, 1.82) is 0 Å². The van der Waals surface area contributed by atoms with Gasteiger partial charge in [0, 0.05) is 11.5 Å². The van der Waals surface area contributed by atoms with Gasteiger partial charge in [-0.15, -0.1) is 0 Å². The summed E-state index contributed by atoms with van der Waals surface area (Å²) in [6.45, 7) is 2.23. The molecule has 0 bridgehead atoms. The van der Waals surface area contributed by atoms with E-state index in [0.29, 0.717) is 5.92 Å². The summed E-state index contributed by atoms with van der Waals surface area (Å²) in [7, 11) is 0. The highest BCUT2D eigenvalue weighted by molar-refractivity contribution is 5.64. The Labute approximate surface area is 157 Å². The maximum atomic E-state index is 13.0. The van der Waals surface area contributed by atoms with Crippen molar-refractivity contribution >= 4 is 0 Å². The molecular weight excluding hydrogens is 319 g/mol. The number of hydrogen-bond donors (Lipinski definition) is 0. The average Bonchev–Trinajstić information content (AvgIpc) is 2.69. The normalized spacial score (nSPS) is 19.9. The Balaban J connectivity index is 1.55. The highest BCUT2D eigenvalue weighted by atomic mass is 19.1. The van der Waals surface area contributed by atoms with Crippen LogP contribution in [-0.4, -0.2) is 0 Å². The zero-order chi connectivity index (χ0) is 18.2. The highest BCUT2D eigenvalue weighted by Crippen LogP contribution is 2.29. The van der Waals surface area contributed by atoms with Crippen LogP contribution in [0, 0.1) is 29.5 Å². The Morgan fingerprint density at radius 1 is 0.923 bits per heavy atom. The largest absolute Gasteiger partial charge is 0.207 e. The van der Waals surface area contributed by atoms with E-state index >= 15 is 0 Å². The molecule has 0 unspecified atom stereocenters. The molecule has 0 radical (unpaired) electrons. The third-order valence-corrected chi connectivity index (χ3v) is 5.12. The minimum Gasteiger partial charge on any atom is -0.207 e. The fraction of sp³-hybridized carbons (Fsp3) is 0.360. The van der Waals surface area contributed by atoms with Gasteiger partial charge in [-0.05, 0) is 73.4 Å². The molecular formula is C25H27F. The zero-order valence-corrected chi connectivity index (χ0v) is 15.5. The third kappa shape index (κ3) is 5.33. The Kier molecular flexibility index (Phi) is 6.67. The van der Waals surface area contributed by atoms with E-state index < -0.39 is 0 Å². The van der Waals surface area contributed by atoms with Gasteiger partial charge >= 0.3 is 0 Å². The predicted octanol–water partition coefficient (Wildman–Crippen LogP) is 7.01. The van der Waals surface area contributed by atoms with Crippen molar-refractivity contribution in [2.75, 3.05) is 0 Å². The standard InChI is InChI=1S/C25H27F/c1-2-3-4-5-20-6-8-21(9-7-20)10-11-22-12-14-23(15-13-22)24-16-18-25(26)19-17-24/h4-5,12-21H,2-3,6-9H2,1H3/t20-,21-. The van der Waals surface area contributed by atoms with E-state index in [9.17, 15) is 4.39 Å². The van der Waals surface area contributed by atoms with Crippen LogP contribution < -0.4 is 0 Å². The summed E-state index contributed by atoms with van der Waals surface area (Å²) in [6, 6.07) is 14.9. The maximum Gasteiger partial charge on any atom is 0.123 e. The molecule has 0 N–H and O–H groups in total. The molecule has 0 spiro atoms. The minimum absolute atomic E-state index is 0.202. The topological polar surface area (TPSA) is 0 Å². The van der Waals surface area contributed by atoms with Gasteiger partial charge in [0.15, 0.2) is 0 Å². The molecule has 0 aliphatic heterocycles. The molecule has 1 aliphatic rings. The summed E-state index contributed by atoms with van der Waals surface area (Å²) in [5.74, 6) is 7.90. The molecule has 0 amide bonds. The smallest absolute Gasteiger partial charge is 0.123 e. The lowest BCUT2D eigenvalue weighted by Crippen LogP contribution is -2.11. The number of benzene rings is 2. The molecule has 0 nitrogen and oxygen atoms in total. The summed E-state index contributed by atoms with van der Waals surface area (Å²) in [5.41, 5.74) is 3.18. The molecule has 0 aromatic heterocycles. The molecule has 1 saturated carbocycles. The van der Waals surface area contributed by atoms with E-state index in [0.717, 1.165) is 22.6 Å². The summed E-state index contributed by atoms with van der Waals surface area (Å²) < 4.78 is 13.0. The van der Waals surface area contributed by atoms with Crippen molar-refractivity contribution in [2.24, 2.45) is 11.8 Å². The number of unbranched alkanes of at least 4 members (excludes halogenated alkanes) is 1. The molecule has 0 heterocycles. The second kappa shape index (κ2) is 9.39. The van der Waals surface area contributed by atoms with Gasteiger partial charge in [0.2, 0.25) is 0 Å². The van der Waals surface area contributed by atoms with Gasteiger partial charge in [-0.25, -0.2) is 4.39 Å². The van der Waals surface area contributed by atoms with Crippen LogP contribution in [0.1, 0.15) is 51.0 Å². The molecule has 0 saturated heterocycles. The van der Waals surface area contributed by atoms with E-state index in [4.69, 9.17) is 0 Å². The third-order valence-electron chi connectivity index (χ3n) is 5.12. The van der Waals surface area contributed by atoms with Crippen LogP contribution in [0.3, 0.4) is 0 Å². The van der Waals surface area contributed by atoms with Crippen molar-refractivity contribution in [2.45, 2.75) is 45.4 Å². The summed E-state index contributed by atoms with van der Waals surface area (Å²) in [6.07, 6.45) is 12.2. The van der Waals surface area contributed by atoms with Crippen LogP contribution in [0.15, 0.2) is 60.7 Å². The van der Waals surface area contributed by atoms with Gasteiger partial charge in [0.1, 0.15) is 5.82 Å². The van der Waals surface area contributed by atoms with Gasteiger partial charge in [-0.1, -0.05) is 61.6 Å². The van der Waals surface area contributed by atoms with Gasteiger partial charge in [0.25, 0.3) is 0 Å². The molecule has 1 heteroatoms. The molecule has 2 aromatic rings. The van der Waals surface area contributed by atoms with Crippen LogP contribution >= 0.6 is 0 Å². The molecule has 0 atom stereocenters.